The molecule has 8 nitrogen and oxygen atoms in total. The maximum atomic E-state index is 13.6. The molecule has 2 aromatic carbocycles. The Morgan fingerprint density at radius 1 is 1.30 bits per heavy atom. The van der Waals surface area contributed by atoms with Crippen molar-refractivity contribution in [3.63, 3.8) is 0 Å². The second-order valence-electron chi connectivity index (χ2n) is 8.50. The number of benzene rings is 2. The number of nitrogens with zero attached hydrogens (tertiary/aromatic N) is 2. The molecule has 0 unspecified atom stereocenters. The molecule has 1 aliphatic heterocycles. The number of hydrogen-bond acceptors (Lipinski definition) is 6. The van der Waals surface area contributed by atoms with Crippen LogP contribution in [-0.4, -0.2) is 74.6 Å². The summed E-state index contributed by atoms with van der Waals surface area (Å²) in [5.41, 5.74) is 1.55. The number of aliphatic hydroxyl groups excluding tert-OH is 1. The van der Waals surface area contributed by atoms with E-state index >= 15 is 0 Å². The first-order chi connectivity index (χ1) is 15.6. The first-order valence-electron chi connectivity index (χ1n) is 10.9. The van der Waals surface area contributed by atoms with Gasteiger partial charge in [0.2, 0.25) is 15.9 Å². The van der Waals surface area contributed by atoms with Crippen molar-refractivity contribution >= 4 is 15.9 Å². The van der Waals surface area contributed by atoms with Gasteiger partial charge in [0.1, 0.15) is 22.5 Å². The first kappa shape index (κ1) is 25.0. The summed E-state index contributed by atoms with van der Waals surface area (Å²) in [6.45, 7) is 5.20. The Kier molecular flexibility index (Phi) is 7.66. The van der Waals surface area contributed by atoms with Gasteiger partial charge in [0.25, 0.3) is 0 Å². The van der Waals surface area contributed by atoms with Gasteiger partial charge in [0.05, 0.1) is 20.3 Å². The number of carbonyl (C=O) groups excluding carboxylic acids is 1. The number of fused-ring (bicyclic) bond motifs is 1. The number of methoxy groups -OCH3 is 1. The number of aliphatic hydroxyl groups is 1. The third kappa shape index (κ3) is 5.15. The Hall–Kier alpha value is -2.62. The number of hydrogen-bond donors (Lipinski definition) is 1. The van der Waals surface area contributed by atoms with Crippen LogP contribution in [0.4, 0.5) is 0 Å². The molecule has 0 fully saturated rings. The Morgan fingerprint density at radius 2 is 2.00 bits per heavy atom. The SMILES string of the molecule is COc1ccccc1-c1ccc2c(c1)O[C@H](CN(C)C(C)=O)[C@H](C)CN([C@H](C)CO)S2(=O)=O. The molecule has 1 heterocycles. The fraction of sp³-hybridized carbons (Fsp3) is 0.458. The van der Waals surface area contributed by atoms with E-state index in [2.05, 4.69) is 0 Å². The number of carbonyl (C=O) groups is 1. The number of rotatable bonds is 6. The lowest BCUT2D eigenvalue weighted by Crippen LogP contribution is -2.50. The molecule has 9 heteroatoms. The Morgan fingerprint density at radius 3 is 2.64 bits per heavy atom. The number of sulfonamides is 1. The highest BCUT2D eigenvalue weighted by Crippen LogP contribution is 2.38. The predicted octanol–water partition coefficient (Wildman–Crippen LogP) is 2.61. The smallest absolute Gasteiger partial charge is 0.247 e. The van der Waals surface area contributed by atoms with E-state index in [4.69, 9.17) is 9.47 Å². The molecule has 0 radical (unpaired) electrons. The highest BCUT2D eigenvalue weighted by molar-refractivity contribution is 7.89. The van der Waals surface area contributed by atoms with Gasteiger partial charge < -0.3 is 19.5 Å². The van der Waals surface area contributed by atoms with Crippen LogP contribution in [0.2, 0.25) is 0 Å². The minimum absolute atomic E-state index is 0.0313. The molecule has 3 rings (SSSR count). The number of amides is 1. The molecule has 0 aromatic heterocycles. The van der Waals surface area contributed by atoms with E-state index in [0.717, 1.165) is 11.1 Å². The normalized spacial score (nSPS) is 21.2. The zero-order chi connectivity index (χ0) is 24.3. The van der Waals surface area contributed by atoms with Crippen molar-refractivity contribution < 1.29 is 27.8 Å². The van der Waals surface area contributed by atoms with Gasteiger partial charge >= 0.3 is 0 Å². The van der Waals surface area contributed by atoms with Crippen LogP contribution in [0.15, 0.2) is 47.4 Å². The number of likely N-dealkylation sites (N-methyl/N-ethyl adjacent to an activating group) is 1. The van der Waals surface area contributed by atoms with E-state index in [1.807, 2.05) is 31.2 Å². The van der Waals surface area contributed by atoms with Gasteiger partial charge in [0, 0.05) is 38.0 Å². The Balaban J connectivity index is 2.17. The summed E-state index contributed by atoms with van der Waals surface area (Å²) in [7, 11) is -0.664. The van der Waals surface area contributed by atoms with Gasteiger partial charge in [-0.1, -0.05) is 31.2 Å². The van der Waals surface area contributed by atoms with Crippen molar-refractivity contribution in [2.24, 2.45) is 5.92 Å². The molecule has 0 aliphatic carbocycles. The summed E-state index contributed by atoms with van der Waals surface area (Å²) in [5, 5.41) is 9.75. The van der Waals surface area contributed by atoms with Crippen molar-refractivity contribution in [1.29, 1.82) is 0 Å². The highest BCUT2D eigenvalue weighted by Gasteiger charge is 2.38. The van der Waals surface area contributed by atoms with Crippen LogP contribution in [0, 0.1) is 5.92 Å². The molecule has 180 valence electrons. The minimum Gasteiger partial charge on any atom is -0.496 e. The second-order valence-corrected chi connectivity index (χ2v) is 10.4. The van der Waals surface area contributed by atoms with Crippen molar-refractivity contribution in [1.82, 2.24) is 9.21 Å². The summed E-state index contributed by atoms with van der Waals surface area (Å²) in [6, 6.07) is 11.8. The van der Waals surface area contributed by atoms with Crippen LogP contribution < -0.4 is 9.47 Å². The van der Waals surface area contributed by atoms with Crippen LogP contribution in [0.25, 0.3) is 11.1 Å². The van der Waals surface area contributed by atoms with Crippen LogP contribution in [0.3, 0.4) is 0 Å². The van der Waals surface area contributed by atoms with Gasteiger partial charge in [-0.15, -0.1) is 0 Å². The van der Waals surface area contributed by atoms with E-state index in [0.29, 0.717) is 12.3 Å². The van der Waals surface area contributed by atoms with Crippen LogP contribution >= 0.6 is 0 Å². The predicted molar refractivity (Wildman–Crippen MR) is 126 cm³/mol. The third-order valence-electron chi connectivity index (χ3n) is 6.08. The summed E-state index contributed by atoms with van der Waals surface area (Å²) in [6.07, 6.45) is -0.450. The lowest BCUT2D eigenvalue weighted by atomic mass is 10.0. The van der Waals surface area contributed by atoms with Gasteiger partial charge in [-0.2, -0.15) is 4.31 Å². The topological polar surface area (TPSA) is 96.4 Å². The van der Waals surface area contributed by atoms with E-state index in [1.54, 1.807) is 38.1 Å². The molecule has 1 N–H and O–H groups in total. The maximum absolute atomic E-state index is 13.6. The van der Waals surface area contributed by atoms with E-state index in [9.17, 15) is 18.3 Å². The summed E-state index contributed by atoms with van der Waals surface area (Å²) < 4.78 is 40.2. The van der Waals surface area contributed by atoms with Gasteiger partial charge in [0.15, 0.2) is 0 Å². The quantitative estimate of drug-likeness (QED) is 0.689. The first-order valence-corrected chi connectivity index (χ1v) is 12.3. The molecule has 0 saturated heterocycles. The average molecular weight is 477 g/mol. The van der Waals surface area contributed by atoms with E-state index < -0.39 is 22.2 Å². The standard InChI is InChI=1S/C24H32N2O6S/c1-16-13-26(17(2)15-27)33(29,30)24-11-10-19(20-8-6-7-9-21(20)31-5)12-22(24)32-23(16)14-25(4)18(3)28/h6-12,16-17,23,27H,13-15H2,1-5H3/t16-,17-,23-/m1/s1. The lowest BCUT2D eigenvalue weighted by molar-refractivity contribution is -0.129. The molecule has 0 bridgehead atoms. The summed E-state index contributed by atoms with van der Waals surface area (Å²) >= 11 is 0. The maximum Gasteiger partial charge on any atom is 0.247 e. The molecule has 3 atom stereocenters. The summed E-state index contributed by atoms with van der Waals surface area (Å²) in [5.74, 6) is 0.521. The number of ether oxygens (including phenoxy) is 2. The monoisotopic (exact) mass is 476 g/mol. The van der Waals surface area contributed by atoms with Gasteiger partial charge in [-0.25, -0.2) is 8.42 Å². The second kappa shape index (κ2) is 10.1. The zero-order valence-electron chi connectivity index (χ0n) is 19.7. The molecule has 2 aromatic rings. The minimum atomic E-state index is -3.93. The lowest BCUT2D eigenvalue weighted by Gasteiger charge is -2.37. The van der Waals surface area contributed by atoms with Gasteiger partial charge in [-0.3, -0.25) is 4.79 Å². The molecule has 33 heavy (non-hydrogen) atoms. The van der Waals surface area contributed by atoms with Gasteiger partial charge in [-0.05, 0) is 30.7 Å². The average Bonchev–Trinajstić information content (AvgIpc) is 2.80. The van der Waals surface area contributed by atoms with Crippen LogP contribution in [0.1, 0.15) is 20.8 Å². The fourth-order valence-corrected chi connectivity index (χ4v) is 5.72. The van der Waals surface area contributed by atoms with Crippen molar-refractivity contribution in [2.75, 3.05) is 33.9 Å². The van der Waals surface area contributed by atoms with Crippen LogP contribution in [-0.2, 0) is 14.8 Å². The van der Waals surface area contributed by atoms with Crippen molar-refractivity contribution in [3.05, 3.63) is 42.5 Å². The molecule has 1 amide bonds. The fourth-order valence-electron chi connectivity index (χ4n) is 3.89. The van der Waals surface area contributed by atoms with E-state index in [1.165, 1.54) is 17.3 Å². The molecular weight excluding hydrogens is 444 g/mol. The molecule has 0 saturated carbocycles. The summed E-state index contributed by atoms with van der Waals surface area (Å²) in [4.78, 5) is 13.5. The largest absolute Gasteiger partial charge is 0.496 e. The third-order valence-corrected chi connectivity index (χ3v) is 8.10. The molecular formula is C24H32N2O6S. The molecule has 0 spiro atoms. The van der Waals surface area contributed by atoms with E-state index in [-0.39, 0.29) is 35.6 Å². The number of para-hydroxylation sites is 1. The Labute approximate surface area is 195 Å². The Bertz CT molecular complexity index is 1100. The highest BCUT2D eigenvalue weighted by atomic mass is 32.2. The van der Waals surface area contributed by atoms with Crippen LogP contribution in [0.5, 0.6) is 11.5 Å². The van der Waals surface area contributed by atoms with Crippen molar-refractivity contribution in [2.45, 2.75) is 37.8 Å². The molecule has 1 aliphatic rings. The van der Waals surface area contributed by atoms with Crippen molar-refractivity contribution in [3.8, 4) is 22.6 Å². The zero-order valence-corrected chi connectivity index (χ0v) is 20.5.